The molecule has 1 aliphatic heterocycles. The fraction of sp³-hybridized carbons (Fsp3) is 0.263. The zero-order valence-corrected chi connectivity index (χ0v) is 13.4. The molecule has 3 amide bonds. The highest BCUT2D eigenvalue weighted by atomic mass is 16.2. The number of carbonyl (C=O) groups is 2. The first-order valence-electron chi connectivity index (χ1n) is 8.14. The van der Waals surface area contributed by atoms with E-state index in [0.29, 0.717) is 13.1 Å². The van der Waals surface area contributed by atoms with Crippen LogP contribution in [0.25, 0.3) is 11.1 Å². The Bertz CT molecular complexity index is 713. The normalized spacial score (nSPS) is 17.3. The topological polar surface area (TPSA) is 75.4 Å². The summed E-state index contributed by atoms with van der Waals surface area (Å²) in [6.07, 6.45) is 1.58. The third-order valence-corrected chi connectivity index (χ3v) is 4.36. The second-order valence-electron chi connectivity index (χ2n) is 6.06. The lowest BCUT2D eigenvalue weighted by Gasteiger charge is -2.30. The Hall–Kier alpha value is -2.82. The van der Waals surface area contributed by atoms with Crippen LogP contribution in [0.2, 0.25) is 0 Å². The van der Waals surface area contributed by atoms with E-state index in [4.69, 9.17) is 5.73 Å². The van der Waals surface area contributed by atoms with Gasteiger partial charge in [-0.25, -0.2) is 4.79 Å². The summed E-state index contributed by atoms with van der Waals surface area (Å²) in [6.45, 7) is 1.02. The van der Waals surface area contributed by atoms with E-state index in [9.17, 15) is 9.59 Å². The van der Waals surface area contributed by atoms with Gasteiger partial charge in [-0.2, -0.15) is 0 Å². The quantitative estimate of drug-likeness (QED) is 0.911. The molecular weight excluding hydrogens is 302 g/mol. The van der Waals surface area contributed by atoms with Gasteiger partial charge in [0, 0.05) is 18.8 Å². The molecule has 0 radical (unpaired) electrons. The molecule has 3 rings (SSSR count). The number of rotatable bonds is 3. The fourth-order valence-electron chi connectivity index (χ4n) is 3.01. The van der Waals surface area contributed by atoms with E-state index in [1.807, 2.05) is 54.6 Å². The SMILES string of the molecule is NC(=O)N1CCC[C@H](C(=O)Nc2ccc(-c3ccccc3)cc2)C1. The molecule has 1 saturated heterocycles. The molecule has 1 atom stereocenters. The Morgan fingerprint density at radius 3 is 2.33 bits per heavy atom. The Morgan fingerprint density at radius 2 is 1.67 bits per heavy atom. The van der Waals surface area contributed by atoms with Gasteiger partial charge in [0.15, 0.2) is 0 Å². The van der Waals surface area contributed by atoms with Gasteiger partial charge >= 0.3 is 6.03 Å². The first-order valence-corrected chi connectivity index (χ1v) is 8.14. The van der Waals surface area contributed by atoms with E-state index >= 15 is 0 Å². The van der Waals surface area contributed by atoms with Gasteiger partial charge in [-0.3, -0.25) is 4.79 Å². The van der Waals surface area contributed by atoms with Crippen molar-refractivity contribution in [2.24, 2.45) is 11.7 Å². The largest absolute Gasteiger partial charge is 0.351 e. The summed E-state index contributed by atoms with van der Waals surface area (Å²) in [6, 6.07) is 17.4. The molecule has 1 aliphatic rings. The molecule has 24 heavy (non-hydrogen) atoms. The first-order chi connectivity index (χ1) is 11.6. The number of nitrogens with two attached hydrogens (primary N) is 1. The number of hydrogen-bond donors (Lipinski definition) is 2. The average Bonchev–Trinajstić information content (AvgIpc) is 2.63. The van der Waals surface area contributed by atoms with Gasteiger partial charge in [0.25, 0.3) is 0 Å². The number of anilines is 1. The molecule has 2 aromatic rings. The van der Waals surface area contributed by atoms with Crippen LogP contribution in [-0.4, -0.2) is 29.9 Å². The Morgan fingerprint density at radius 1 is 1.00 bits per heavy atom. The maximum atomic E-state index is 12.4. The fourth-order valence-corrected chi connectivity index (χ4v) is 3.01. The summed E-state index contributed by atoms with van der Waals surface area (Å²) in [7, 11) is 0. The number of primary amides is 1. The Kier molecular flexibility index (Phi) is 4.79. The molecule has 1 fully saturated rings. The van der Waals surface area contributed by atoms with Crippen LogP contribution in [0.4, 0.5) is 10.5 Å². The van der Waals surface area contributed by atoms with Crippen LogP contribution in [0, 0.1) is 5.92 Å². The van der Waals surface area contributed by atoms with Crippen molar-refractivity contribution < 1.29 is 9.59 Å². The minimum atomic E-state index is -0.459. The van der Waals surface area contributed by atoms with E-state index in [1.54, 1.807) is 0 Å². The first kappa shape index (κ1) is 16.1. The van der Waals surface area contributed by atoms with Crippen molar-refractivity contribution >= 4 is 17.6 Å². The molecule has 0 aromatic heterocycles. The van der Waals surface area contributed by atoms with Crippen LogP contribution in [0.1, 0.15) is 12.8 Å². The zero-order chi connectivity index (χ0) is 16.9. The number of likely N-dealkylation sites (tertiary alicyclic amines) is 1. The van der Waals surface area contributed by atoms with Gasteiger partial charge in [-0.15, -0.1) is 0 Å². The number of piperidine rings is 1. The number of carbonyl (C=O) groups excluding carboxylic acids is 2. The number of hydrogen-bond acceptors (Lipinski definition) is 2. The third kappa shape index (κ3) is 3.74. The molecule has 5 heteroatoms. The highest BCUT2D eigenvalue weighted by Crippen LogP contribution is 2.22. The van der Waals surface area contributed by atoms with Gasteiger partial charge < -0.3 is 16.0 Å². The standard InChI is InChI=1S/C19H21N3O2/c20-19(24)22-12-4-7-16(13-22)18(23)21-17-10-8-15(9-11-17)14-5-2-1-3-6-14/h1-3,5-6,8-11,16H,4,7,12-13H2,(H2,20,24)(H,21,23)/t16-/m0/s1. The second kappa shape index (κ2) is 7.17. The molecule has 0 saturated carbocycles. The maximum Gasteiger partial charge on any atom is 0.314 e. The minimum Gasteiger partial charge on any atom is -0.351 e. The lowest BCUT2D eigenvalue weighted by atomic mass is 9.97. The summed E-state index contributed by atoms with van der Waals surface area (Å²) in [5.74, 6) is -0.270. The maximum absolute atomic E-state index is 12.4. The van der Waals surface area contributed by atoms with Crippen LogP contribution in [0.5, 0.6) is 0 Å². The number of nitrogens with one attached hydrogen (secondary N) is 1. The van der Waals surface area contributed by atoms with E-state index in [1.165, 1.54) is 4.90 Å². The molecule has 0 bridgehead atoms. The van der Waals surface area contributed by atoms with Crippen molar-refractivity contribution in [3.63, 3.8) is 0 Å². The van der Waals surface area contributed by atoms with Crippen LogP contribution < -0.4 is 11.1 Å². The van der Waals surface area contributed by atoms with Gasteiger partial charge in [0.05, 0.1) is 5.92 Å². The van der Waals surface area contributed by atoms with Gasteiger partial charge in [-0.05, 0) is 36.1 Å². The summed E-state index contributed by atoms with van der Waals surface area (Å²) < 4.78 is 0. The monoisotopic (exact) mass is 323 g/mol. The predicted molar refractivity (Wildman–Crippen MR) is 94.4 cm³/mol. The highest BCUT2D eigenvalue weighted by Gasteiger charge is 2.27. The van der Waals surface area contributed by atoms with Gasteiger partial charge in [0.1, 0.15) is 0 Å². The van der Waals surface area contributed by atoms with Gasteiger partial charge in [0.2, 0.25) is 5.91 Å². The van der Waals surface area contributed by atoms with E-state index < -0.39 is 6.03 Å². The minimum absolute atomic E-state index is 0.0617. The molecular formula is C19H21N3O2. The summed E-state index contributed by atoms with van der Waals surface area (Å²) in [5.41, 5.74) is 8.31. The van der Waals surface area contributed by atoms with Crippen molar-refractivity contribution in [2.75, 3.05) is 18.4 Å². The number of nitrogens with zero attached hydrogens (tertiary/aromatic N) is 1. The van der Waals surface area contributed by atoms with Crippen molar-refractivity contribution in [2.45, 2.75) is 12.8 Å². The number of amides is 3. The summed E-state index contributed by atoms with van der Waals surface area (Å²) in [4.78, 5) is 25.2. The molecule has 1 heterocycles. The lowest BCUT2D eigenvalue weighted by molar-refractivity contribution is -0.121. The smallest absolute Gasteiger partial charge is 0.314 e. The van der Waals surface area contributed by atoms with Crippen molar-refractivity contribution in [3.8, 4) is 11.1 Å². The Labute approximate surface area is 141 Å². The van der Waals surface area contributed by atoms with Crippen LogP contribution in [-0.2, 0) is 4.79 Å². The van der Waals surface area contributed by atoms with Crippen molar-refractivity contribution in [3.05, 3.63) is 54.6 Å². The second-order valence-corrected chi connectivity index (χ2v) is 6.06. The average molecular weight is 323 g/mol. The molecule has 0 spiro atoms. The molecule has 5 nitrogen and oxygen atoms in total. The van der Waals surface area contributed by atoms with E-state index in [2.05, 4.69) is 5.32 Å². The molecule has 0 unspecified atom stereocenters. The lowest BCUT2D eigenvalue weighted by Crippen LogP contribution is -2.46. The summed E-state index contributed by atoms with van der Waals surface area (Å²) >= 11 is 0. The molecule has 2 aromatic carbocycles. The van der Waals surface area contributed by atoms with Crippen molar-refractivity contribution in [1.29, 1.82) is 0 Å². The van der Waals surface area contributed by atoms with E-state index in [0.717, 1.165) is 29.7 Å². The van der Waals surface area contributed by atoms with Crippen LogP contribution >= 0.6 is 0 Å². The summed E-state index contributed by atoms with van der Waals surface area (Å²) in [5, 5.41) is 2.93. The van der Waals surface area contributed by atoms with Crippen LogP contribution in [0.15, 0.2) is 54.6 Å². The van der Waals surface area contributed by atoms with Crippen LogP contribution in [0.3, 0.4) is 0 Å². The third-order valence-electron chi connectivity index (χ3n) is 4.36. The molecule has 0 aliphatic carbocycles. The Balaban J connectivity index is 1.63. The van der Waals surface area contributed by atoms with Gasteiger partial charge in [-0.1, -0.05) is 42.5 Å². The predicted octanol–water partition coefficient (Wildman–Crippen LogP) is 3.08. The molecule has 124 valence electrons. The zero-order valence-electron chi connectivity index (χ0n) is 13.4. The van der Waals surface area contributed by atoms with E-state index in [-0.39, 0.29) is 11.8 Å². The molecule has 3 N–H and O–H groups in total. The highest BCUT2D eigenvalue weighted by molar-refractivity contribution is 5.93. The number of urea groups is 1. The number of benzene rings is 2. The van der Waals surface area contributed by atoms with Crippen molar-refractivity contribution in [1.82, 2.24) is 4.90 Å².